The molecule has 1 unspecified atom stereocenters. The second kappa shape index (κ2) is 12.9. The number of benzene rings is 1. The molecule has 2 atom stereocenters. The van der Waals surface area contributed by atoms with Crippen molar-refractivity contribution >= 4 is 35.4 Å². The van der Waals surface area contributed by atoms with Crippen molar-refractivity contribution in [2.24, 2.45) is 0 Å². The van der Waals surface area contributed by atoms with Gasteiger partial charge in [0.05, 0.1) is 19.4 Å². The Morgan fingerprint density at radius 2 is 1.74 bits per heavy atom. The molecule has 1 saturated heterocycles. The Labute approximate surface area is 247 Å². The van der Waals surface area contributed by atoms with Gasteiger partial charge in [-0.1, -0.05) is 12.1 Å². The molecule has 3 heterocycles. The van der Waals surface area contributed by atoms with Crippen molar-refractivity contribution in [1.29, 1.82) is 0 Å². The molecule has 42 heavy (non-hydrogen) atoms. The van der Waals surface area contributed by atoms with Crippen LogP contribution in [0, 0.1) is 0 Å². The van der Waals surface area contributed by atoms with Gasteiger partial charge in [-0.3, -0.25) is 9.69 Å². The Hall–Kier alpha value is -3.93. The molecule has 0 aliphatic carbocycles. The third kappa shape index (κ3) is 6.92. The summed E-state index contributed by atoms with van der Waals surface area (Å²) >= 11 is 0. The number of carbonyl (C=O) groups is 3. The minimum Gasteiger partial charge on any atom is -0.458 e. The van der Waals surface area contributed by atoms with Crippen molar-refractivity contribution < 1.29 is 28.6 Å². The number of aromatic nitrogens is 2. The first-order chi connectivity index (χ1) is 19.9. The van der Waals surface area contributed by atoms with E-state index in [2.05, 4.69) is 4.98 Å². The van der Waals surface area contributed by atoms with Crippen LogP contribution in [0.2, 0.25) is 0 Å². The molecule has 228 valence electrons. The summed E-state index contributed by atoms with van der Waals surface area (Å²) in [5.74, 6) is 0.817. The van der Waals surface area contributed by atoms with E-state index in [-0.39, 0.29) is 12.3 Å². The fourth-order valence-electron chi connectivity index (χ4n) is 5.21. The number of amides is 2. The maximum atomic E-state index is 13.8. The molecule has 1 aromatic carbocycles. The van der Waals surface area contributed by atoms with Gasteiger partial charge in [0.2, 0.25) is 11.9 Å². The first kappa shape index (κ1) is 31.0. The second-order valence-electron chi connectivity index (χ2n) is 11.3. The molecule has 12 heteroatoms. The van der Waals surface area contributed by atoms with Crippen LogP contribution >= 0.6 is 0 Å². The van der Waals surface area contributed by atoms with Gasteiger partial charge in [0, 0.05) is 39.5 Å². The van der Waals surface area contributed by atoms with E-state index in [0.717, 1.165) is 5.56 Å². The number of anilines is 3. The first-order valence-electron chi connectivity index (χ1n) is 14.5. The SMILES string of the molecule is CCN(CC)c1ncc2c(n1)N([C@@H](Cc1ccc(OC(=O)N3CCOCC3)cc1)C(=O)OC(C)(C)C)C(C)N2C(C)=O. The lowest BCUT2D eigenvalue weighted by molar-refractivity contribution is -0.156. The number of carbonyl (C=O) groups excluding carboxylic acids is 3. The third-order valence-electron chi connectivity index (χ3n) is 7.24. The van der Waals surface area contributed by atoms with E-state index in [4.69, 9.17) is 19.2 Å². The lowest BCUT2D eigenvalue weighted by Crippen LogP contribution is -2.53. The molecule has 0 radical (unpaired) electrons. The van der Waals surface area contributed by atoms with Crippen LogP contribution in [0.4, 0.5) is 22.2 Å². The lowest BCUT2D eigenvalue weighted by atomic mass is 10.0. The predicted molar refractivity (Wildman–Crippen MR) is 159 cm³/mol. The number of rotatable bonds is 8. The molecule has 4 rings (SSSR count). The van der Waals surface area contributed by atoms with Crippen LogP contribution in [0.3, 0.4) is 0 Å². The van der Waals surface area contributed by atoms with Gasteiger partial charge < -0.3 is 28.9 Å². The highest BCUT2D eigenvalue weighted by Crippen LogP contribution is 2.41. The van der Waals surface area contributed by atoms with E-state index in [0.29, 0.717) is 62.6 Å². The summed E-state index contributed by atoms with van der Waals surface area (Å²) < 4.78 is 16.7. The van der Waals surface area contributed by atoms with E-state index in [1.807, 2.05) is 63.5 Å². The quantitative estimate of drug-likeness (QED) is 0.427. The average molecular weight is 583 g/mol. The molecule has 2 aromatic rings. The number of hydrogen-bond acceptors (Lipinski definition) is 10. The third-order valence-corrected chi connectivity index (χ3v) is 7.24. The molecular formula is C30H42N6O6. The fraction of sp³-hybridized carbons (Fsp3) is 0.567. The molecule has 0 bridgehead atoms. The summed E-state index contributed by atoms with van der Waals surface area (Å²) in [6.07, 6.45) is 0.989. The number of nitrogens with zero attached hydrogens (tertiary/aromatic N) is 6. The van der Waals surface area contributed by atoms with Gasteiger partial charge in [0.15, 0.2) is 5.82 Å². The van der Waals surface area contributed by atoms with Crippen LogP contribution in [0.1, 0.15) is 54.0 Å². The Kier molecular flexibility index (Phi) is 9.55. The Balaban J connectivity index is 1.66. The predicted octanol–water partition coefficient (Wildman–Crippen LogP) is 3.63. The topological polar surface area (TPSA) is 118 Å². The van der Waals surface area contributed by atoms with Crippen molar-refractivity contribution in [1.82, 2.24) is 14.9 Å². The molecular weight excluding hydrogens is 540 g/mol. The first-order valence-corrected chi connectivity index (χ1v) is 14.5. The zero-order valence-corrected chi connectivity index (χ0v) is 25.6. The summed E-state index contributed by atoms with van der Waals surface area (Å²) in [4.78, 5) is 55.6. The molecule has 0 spiro atoms. The Bertz CT molecular complexity index is 1270. The normalized spacial score (nSPS) is 17.5. The van der Waals surface area contributed by atoms with Crippen molar-refractivity contribution in [2.45, 2.75) is 72.7 Å². The van der Waals surface area contributed by atoms with Crippen LogP contribution in [0.25, 0.3) is 0 Å². The fourth-order valence-corrected chi connectivity index (χ4v) is 5.21. The monoisotopic (exact) mass is 582 g/mol. The highest BCUT2D eigenvalue weighted by atomic mass is 16.6. The Morgan fingerprint density at radius 1 is 1.10 bits per heavy atom. The maximum Gasteiger partial charge on any atom is 0.415 e. The van der Waals surface area contributed by atoms with E-state index < -0.39 is 29.9 Å². The van der Waals surface area contributed by atoms with Crippen LogP contribution in [0.15, 0.2) is 30.5 Å². The average Bonchev–Trinajstić information content (AvgIpc) is 3.23. The van der Waals surface area contributed by atoms with Crippen LogP contribution < -0.4 is 19.4 Å². The van der Waals surface area contributed by atoms with Crippen molar-refractivity contribution in [3.63, 3.8) is 0 Å². The zero-order valence-electron chi connectivity index (χ0n) is 25.6. The lowest BCUT2D eigenvalue weighted by Gasteiger charge is -2.35. The summed E-state index contributed by atoms with van der Waals surface area (Å²) in [6.45, 7) is 16.2. The summed E-state index contributed by atoms with van der Waals surface area (Å²) in [5.41, 5.74) is 0.645. The molecule has 1 aromatic heterocycles. The number of hydrogen-bond donors (Lipinski definition) is 0. The summed E-state index contributed by atoms with van der Waals surface area (Å²) in [6, 6.07) is 6.27. The summed E-state index contributed by atoms with van der Waals surface area (Å²) in [5, 5.41) is 0. The van der Waals surface area contributed by atoms with Gasteiger partial charge in [-0.05, 0) is 59.2 Å². The van der Waals surface area contributed by atoms with Gasteiger partial charge >= 0.3 is 12.1 Å². The van der Waals surface area contributed by atoms with E-state index >= 15 is 0 Å². The smallest absolute Gasteiger partial charge is 0.415 e. The minimum absolute atomic E-state index is 0.181. The van der Waals surface area contributed by atoms with E-state index in [1.54, 1.807) is 28.1 Å². The standard InChI is InChI=1S/C30H42N6O6/c1-8-33(9-2)28-31-19-25-26(32-28)36(20(3)35(25)21(4)37)24(27(38)42-30(5,6)7)18-22-10-12-23(13-11-22)41-29(39)34-14-16-40-17-15-34/h10-13,19-20,24H,8-9,14-18H2,1-7H3/t20?,24-/m0/s1. The van der Waals surface area contributed by atoms with Crippen molar-refractivity contribution in [3.05, 3.63) is 36.0 Å². The Morgan fingerprint density at radius 3 is 2.31 bits per heavy atom. The van der Waals surface area contributed by atoms with Gasteiger partial charge in [0.25, 0.3) is 0 Å². The number of fused-ring (bicyclic) bond motifs is 1. The zero-order chi connectivity index (χ0) is 30.6. The van der Waals surface area contributed by atoms with Gasteiger partial charge in [-0.15, -0.1) is 0 Å². The van der Waals surface area contributed by atoms with Crippen molar-refractivity contribution in [3.8, 4) is 5.75 Å². The molecule has 2 aliphatic heterocycles. The number of morpholine rings is 1. The van der Waals surface area contributed by atoms with Gasteiger partial charge in [-0.25, -0.2) is 14.6 Å². The molecule has 2 amide bonds. The maximum absolute atomic E-state index is 13.8. The van der Waals surface area contributed by atoms with Crippen LogP contribution in [-0.2, 0) is 25.5 Å². The number of ether oxygens (including phenoxy) is 3. The number of esters is 1. The van der Waals surface area contributed by atoms with Crippen LogP contribution in [0.5, 0.6) is 5.75 Å². The van der Waals surface area contributed by atoms with E-state index in [1.165, 1.54) is 6.92 Å². The summed E-state index contributed by atoms with van der Waals surface area (Å²) in [7, 11) is 0. The largest absolute Gasteiger partial charge is 0.458 e. The molecule has 0 saturated carbocycles. The van der Waals surface area contributed by atoms with Crippen LogP contribution in [-0.4, -0.2) is 90.0 Å². The van der Waals surface area contributed by atoms with E-state index in [9.17, 15) is 14.4 Å². The molecule has 1 fully saturated rings. The van der Waals surface area contributed by atoms with Crippen molar-refractivity contribution in [2.75, 3.05) is 54.1 Å². The van der Waals surface area contributed by atoms with Gasteiger partial charge in [0.1, 0.15) is 29.2 Å². The second-order valence-corrected chi connectivity index (χ2v) is 11.3. The molecule has 12 nitrogen and oxygen atoms in total. The highest BCUT2D eigenvalue weighted by Gasteiger charge is 2.44. The molecule has 0 N–H and O–H groups in total. The van der Waals surface area contributed by atoms with Gasteiger partial charge in [-0.2, -0.15) is 4.98 Å². The highest BCUT2D eigenvalue weighted by molar-refractivity contribution is 5.99. The molecule has 2 aliphatic rings. The minimum atomic E-state index is -0.802.